The summed E-state index contributed by atoms with van der Waals surface area (Å²) >= 11 is 0. The summed E-state index contributed by atoms with van der Waals surface area (Å²) in [6, 6.07) is 11.5. The number of aryl methyl sites for hydroxylation is 1. The number of aliphatic hydroxyl groups is 1. The Kier molecular flexibility index (Phi) is 11.7. The number of aromatic nitrogens is 1. The lowest BCUT2D eigenvalue weighted by molar-refractivity contribution is -0.141. The average molecular weight is 743 g/mol. The number of halogens is 9. The molecule has 6 nitrogen and oxygen atoms in total. The van der Waals surface area contributed by atoms with Crippen molar-refractivity contribution in [2.24, 2.45) is 5.92 Å². The van der Waals surface area contributed by atoms with E-state index in [0.717, 1.165) is 6.07 Å². The number of carboxylic acids is 1. The average Bonchev–Trinajstić information content (AvgIpc) is 3.86. The Morgan fingerprint density at radius 3 is 2.12 bits per heavy atom. The lowest BCUT2D eigenvalue weighted by Gasteiger charge is -2.29. The number of ether oxygens (including phenoxy) is 1. The van der Waals surface area contributed by atoms with Crippen LogP contribution in [0, 0.1) is 12.8 Å². The van der Waals surface area contributed by atoms with Crippen LogP contribution in [-0.2, 0) is 12.7 Å². The van der Waals surface area contributed by atoms with E-state index in [0.29, 0.717) is 41.2 Å². The van der Waals surface area contributed by atoms with Gasteiger partial charge in [0.25, 0.3) is 0 Å². The van der Waals surface area contributed by atoms with Crippen LogP contribution in [0.5, 0.6) is 5.75 Å². The Bertz CT molecular complexity index is 1870. The van der Waals surface area contributed by atoms with Crippen molar-refractivity contribution in [1.82, 2.24) is 10.3 Å². The zero-order chi connectivity index (χ0) is 38.8. The van der Waals surface area contributed by atoms with Crippen LogP contribution in [-0.4, -0.2) is 52.3 Å². The summed E-state index contributed by atoms with van der Waals surface area (Å²) in [5.41, 5.74) is -3.03. The maximum Gasteiger partial charge on any atom is 0.433 e. The number of nitrogens with zero attached hydrogens (tertiary/aromatic N) is 1. The molecule has 2 atom stereocenters. The zero-order valence-electron chi connectivity index (χ0n) is 28.1. The van der Waals surface area contributed by atoms with Gasteiger partial charge in [-0.2, -0.15) is 39.5 Å². The van der Waals surface area contributed by atoms with Crippen LogP contribution in [0.3, 0.4) is 0 Å². The molecule has 2 aromatic carbocycles. The van der Waals surface area contributed by atoms with Crippen molar-refractivity contribution < 1.29 is 59.3 Å². The van der Waals surface area contributed by atoms with Gasteiger partial charge in [0.15, 0.2) is 0 Å². The quantitative estimate of drug-likeness (QED) is 0.119. The molecule has 1 fully saturated rings. The normalized spacial score (nSPS) is 16.3. The van der Waals surface area contributed by atoms with Crippen LogP contribution in [0.2, 0.25) is 0 Å². The van der Waals surface area contributed by atoms with E-state index in [1.165, 1.54) is 32.2 Å². The van der Waals surface area contributed by atoms with Crippen LogP contribution in [0.25, 0.3) is 22.3 Å². The predicted octanol–water partition coefficient (Wildman–Crippen LogP) is 9.62. The number of hydrogen-bond acceptors (Lipinski definition) is 5. The third kappa shape index (κ3) is 9.23. The Morgan fingerprint density at radius 2 is 1.60 bits per heavy atom. The number of rotatable bonds is 13. The number of methoxy groups -OCH3 is 1. The lowest BCUT2D eigenvalue weighted by atomic mass is 9.91. The van der Waals surface area contributed by atoms with Gasteiger partial charge in [0, 0.05) is 23.2 Å². The smallest absolute Gasteiger partial charge is 0.433 e. The third-order valence-electron chi connectivity index (χ3n) is 8.94. The SMILES string of the molecule is C=C/C(=C\C(=C/C[C@H](C)[C@@H](O)C1(NCc2nc(C(F)(F)F)ccc2-c2cc(-c3ccc(C(=O)O)cc3C)ccc2OC)CC1)C(F)(F)F)C(F)(F)F. The molecule has 3 aromatic rings. The summed E-state index contributed by atoms with van der Waals surface area (Å²) in [6.45, 7) is 5.73. The predicted molar refractivity (Wildman–Crippen MR) is 175 cm³/mol. The Labute approximate surface area is 293 Å². The Morgan fingerprint density at radius 1 is 0.962 bits per heavy atom. The van der Waals surface area contributed by atoms with Gasteiger partial charge < -0.3 is 20.3 Å². The van der Waals surface area contributed by atoms with E-state index in [-0.39, 0.29) is 41.3 Å². The first-order valence-electron chi connectivity index (χ1n) is 15.8. The summed E-state index contributed by atoms with van der Waals surface area (Å²) in [5.74, 6) is -1.75. The van der Waals surface area contributed by atoms with Crippen LogP contribution in [0.1, 0.15) is 53.5 Å². The second kappa shape index (κ2) is 15.2. The molecule has 0 saturated heterocycles. The molecule has 0 aliphatic heterocycles. The fourth-order valence-electron chi connectivity index (χ4n) is 5.88. The van der Waals surface area contributed by atoms with Crippen molar-refractivity contribution in [2.75, 3.05) is 7.11 Å². The molecule has 1 aliphatic rings. The minimum Gasteiger partial charge on any atom is -0.496 e. The van der Waals surface area contributed by atoms with Gasteiger partial charge in [-0.25, -0.2) is 9.78 Å². The molecule has 0 bridgehead atoms. The highest BCUT2D eigenvalue weighted by atomic mass is 19.4. The van der Waals surface area contributed by atoms with Crippen molar-refractivity contribution in [1.29, 1.82) is 0 Å². The number of allylic oxidation sites excluding steroid dienone is 5. The van der Waals surface area contributed by atoms with Crippen LogP contribution >= 0.6 is 0 Å². The van der Waals surface area contributed by atoms with E-state index in [2.05, 4.69) is 16.9 Å². The molecular formula is C37H35F9N2O4. The van der Waals surface area contributed by atoms with Crippen LogP contribution in [0.15, 0.2) is 84.5 Å². The van der Waals surface area contributed by atoms with Gasteiger partial charge in [-0.1, -0.05) is 43.9 Å². The maximum absolute atomic E-state index is 13.8. The standard InChI is InChI=1S/C37H35F9N2O4/c1-5-24(35(38,39)40)18-25(36(41,42)43)9-6-20(2)32(49)34(14-15-34)47-19-29-27(11-13-31(48-29)37(44,45)46)28-17-22(8-12-30(28)52-4)26-10-7-23(33(50)51)16-21(26)3/h5,7-13,16-18,20,32,47,49H,1,6,14-15,19H2,2-4H3,(H,50,51)/b24-18+,25-9+/t20-,32+/m0/s1. The molecule has 1 aliphatic carbocycles. The molecule has 3 N–H and O–H groups in total. The minimum absolute atomic E-state index is 0.0618. The van der Waals surface area contributed by atoms with Crippen LogP contribution < -0.4 is 10.1 Å². The molecule has 15 heteroatoms. The molecule has 0 radical (unpaired) electrons. The first-order chi connectivity index (χ1) is 24.1. The number of carbonyl (C=O) groups is 1. The topological polar surface area (TPSA) is 91.7 Å². The first kappa shape index (κ1) is 40.1. The molecule has 0 unspecified atom stereocenters. The third-order valence-corrected chi connectivity index (χ3v) is 8.94. The van der Waals surface area contributed by atoms with Crippen molar-refractivity contribution >= 4 is 5.97 Å². The molecule has 1 heterocycles. The molecule has 4 rings (SSSR count). The van der Waals surface area contributed by atoms with Crippen LogP contribution in [0.4, 0.5) is 39.5 Å². The van der Waals surface area contributed by atoms with E-state index in [9.17, 15) is 54.5 Å². The van der Waals surface area contributed by atoms with E-state index >= 15 is 0 Å². The minimum atomic E-state index is -5.13. The van der Waals surface area contributed by atoms with Gasteiger partial charge in [0.05, 0.1) is 35.6 Å². The van der Waals surface area contributed by atoms with E-state index in [1.807, 2.05) is 0 Å². The van der Waals surface area contributed by atoms with Gasteiger partial charge in [0.1, 0.15) is 11.4 Å². The first-order valence-corrected chi connectivity index (χ1v) is 15.8. The zero-order valence-corrected chi connectivity index (χ0v) is 28.1. The van der Waals surface area contributed by atoms with Gasteiger partial charge in [0.2, 0.25) is 0 Å². The maximum atomic E-state index is 13.8. The highest BCUT2D eigenvalue weighted by Gasteiger charge is 2.50. The number of aliphatic hydroxyl groups excluding tert-OH is 1. The molecule has 0 spiro atoms. The highest BCUT2D eigenvalue weighted by Crippen LogP contribution is 2.44. The Hall–Kier alpha value is -4.63. The number of hydrogen-bond donors (Lipinski definition) is 3. The number of benzene rings is 2. The van der Waals surface area contributed by atoms with Gasteiger partial charge in [-0.05, 0) is 85.2 Å². The molecular weight excluding hydrogens is 707 g/mol. The number of nitrogens with one attached hydrogen (secondary N) is 1. The highest BCUT2D eigenvalue weighted by molar-refractivity contribution is 5.89. The molecule has 280 valence electrons. The second-order valence-electron chi connectivity index (χ2n) is 12.6. The molecule has 1 aromatic heterocycles. The fourth-order valence-corrected chi connectivity index (χ4v) is 5.88. The lowest BCUT2D eigenvalue weighted by Crippen LogP contribution is -2.45. The summed E-state index contributed by atoms with van der Waals surface area (Å²) in [4.78, 5) is 15.3. The monoisotopic (exact) mass is 742 g/mol. The van der Waals surface area contributed by atoms with E-state index in [1.54, 1.807) is 31.2 Å². The fraction of sp³-hybridized carbons (Fsp3) is 0.351. The van der Waals surface area contributed by atoms with Crippen molar-refractivity contribution in [2.45, 2.75) is 69.8 Å². The summed E-state index contributed by atoms with van der Waals surface area (Å²) < 4.78 is 127. The summed E-state index contributed by atoms with van der Waals surface area (Å²) in [6.07, 6.45) is -15.5. The largest absolute Gasteiger partial charge is 0.496 e. The van der Waals surface area contributed by atoms with Crippen molar-refractivity contribution in [3.05, 3.63) is 107 Å². The number of carboxylic acid groups (broad SMARTS) is 1. The summed E-state index contributed by atoms with van der Waals surface area (Å²) in [7, 11) is 1.37. The number of aromatic carboxylic acids is 1. The van der Waals surface area contributed by atoms with Gasteiger partial charge in [-0.15, -0.1) is 0 Å². The van der Waals surface area contributed by atoms with Crippen molar-refractivity contribution in [3.8, 4) is 28.0 Å². The number of alkyl halides is 9. The van der Waals surface area contributed by atoms with E-state index in [4.69, 9.17) is 4.74 Å². The Balaban J connectivity index is 1.67. The van der Waals surface area contributed by atoms with E-state index < -0.39 is 65.3 Å². The van der Waals surface area contributed by atoms with Gasteiger partial charge >= 0.3 is 24.5 Å². The summed E-state index contributed by atoms with van der Waals surface area (Å²) in [5, 5.41) is 23.6. The van der Waals surface area contributed by atoms with Gasteiger partial charge in [-0.3, -0.25) is 0 Å². The molecule has 0 amide bonds. The second-order valence-corrected chi connectivity index (χ2v) is 12.6. The molecule has 52 heavy (non-hydrogen) atoms. The molecule has 1 saturated carbocycles. The van der Waals surface area contributed by atoms with Crippen molar-refractivity contribution in [3.63, 3.8) is 0 Å². The number of pyridine rings is 1.